The maximum absolute atomic E-state index is 11.8. The summed E-state index contributed by atoms with van der Waals surface area (Å²) in [6, 6.07) is 8.51. The van der Waals surface area contributed by atoms with Crippen LogP contribution in [-0.4, -0.2) is 49.6 Å². The number of amides is 1. The molecule has 1 fully saturated rings. The molecule has 6 nitrogen and oxygen atoms in total. The van der Waals surface area contributed by atoms with Gasteiger partial charge in [0.1, 0.15) is 0 Å². The van der Waals surface area contributed by atoms with Crippen LogP contribution in [0, 0.1) is 0 Å². The van der Waals surface area contributed by atoms with Crippen molar-refractivity contribution >= 4 is 11.9 Å². The highest BCUT2D eigenvalue weighted by Gasteiger charge is 2.25. The van der Waals surface area contributed by atoms with E-state index in [0.29, 0.717) is 26.2 Å². The van der Waals surface area contributed by atoms with E-state index in [1.54, 1.807) is 7.05 Å². The number of benzene rings is 1. The summed E-state index contributed by atoms with van der Waals surface area (Å²) in [4.78, 5) is 18.0. The van der Waals surface area contributed by atoms with Gasteiger partial charge in [0.25, 0.3) is 0 Å². The maximum atomic E-state index is 11.8. The number of rotatable bonds is 7. The highest BCUT2D eigenvalue weighted by molar-refractivity contribution is 5.80. The molecule has 2 N–H and O–H groups in total. The van der Waals surface area contributed by atoms with Crippen LogP contribution in [0.3, 0.4) is 0 Å². The molecule has 138 valence electrons. The van der Waals surface area contributed by atoms with E-state index in [9.17, 15) is 4.79 Å². The minimum Gasteiger partial charge on any atom is -0.377 e. The molecule has 0 saturated carbocycles. The van der Waals surface area contributed by atoms with Crippen molar-refractivity contribution in [1.82, 2.24) is 15.5 Å². The van der Waals surface area contributed by atoms with Gasteiger partial charge in [-0.3, -0.25) is 9.79 Å². The summed E-state index contributed by atoms with van der Waals surface area (Å²) < 4.78 is 5.53. The number of carbonyl (C=O) groups is 1. The van der Waals surface area contributed by atoms with Crippen LogP contribution in [0.25, 0.3) is 0 Å². The van der Waals surface area contributed by atoms with Gasteiger partial charge < -0.3 is 20.3 Å². The molecule has 1 aromatic rings. The van der Waals surface area contributed by atoms with E-state index in [-0.39, 0.29) is 11.9 Å². The Morgan fingerprint density at radius 2 is 2.08 bits per heavy atom. The molecule has 1 unspecified atom stereocenters. The second-order valence-electron chi connectivity index (χ2n) is 6.15. The Kier molecular flexibility index (Phi) is 7.73. The average molecular weight is 346 g/mol. The molecule has 0 spiro atoms. The van der Waals surface area contributed by atoms with Crippen molar-refractivity contribution in [3.63, 3.8) is 0 Å². The van der Waals surface area contributed by atoms with Crippen molar-refractivity contribution in [2.24, 2.45) is 4.99 Å². The molecule has 0 bridgehead atoms. The molecule has 6 heteroatoms. The molecule has 1 aliphatic heterocycles. The Hall–Kier alpha value is -2.08. The molecule has 0 aromatic heterocycles. The summed E-state index contributed by atoms with van der Waals surface area (Å²) in [5.41, 5.74) is 2.39. The summed E-state index contributed by atoms with van der Waals surface area (Å²) >= 11 is 0. The van der Waals surface area contributed by atoms with Crippen molar-refractivity contribution in [3.8, 4) is 0 Å². The van der Waals surface area contributed by atoms with Gasteiger partial charge in [-0.2, -0.15) is 0 Å². The third-order valence-electron chi connectivity index (χ3n) is 4.43. The minimum absolute atomic E-state index is 0.220. The molecule has 25 heavy (non-hydrogen) atoms. The van der Waals surface area contributed by atoms with Gasteiger partial charge in [-0.05, 0) is 24.5 Å². The Morgan fingerprint density at radius 1 is 1.32 bits per heavy atom. The first-order valence-corrected chi connectivity index (χ1v) is 9.07. The van der Waals surface area contributed by atoms with Crippen LogP contribution in [0.5, 0.6) is 0 Å². The summed E-state index contributed by atoms with van der Waals surface area (Å²) in [6.07, 6.45) is 1.52. The number of hydrogen-bond donors (Lipinski definition) is 2. The lowest BCUT2D eigenvalue weighted by atomic mass is 10.1. The summed E-state index contributed by atoms with van der Waals surface area (Å²) in [6.45, 7) is 7.49. The molecular weight excluding hydrogens is 316 g/mol. The second kappa shape index (κ2) is 10.0. The van der Waals surface area contributed by atoms with E-state index in [1.165, 1.54) is 11.1 Å². The van der Waals surface area contributed by atoms with Gasteiger partial charge in [-0.15, -0.1) is 0 Å². The van der Waals surface area contributed by atoms with Crippen LogP contribution >= 0.6 is 0 Å². The van der Waals surface area contributed by atoms with Gasteiger partial charge in [0.2, 0.25) is 5.91 Å². The molecule has 1 saturated heterocycles. The van der Waals surface area contributed by atoms with E-state index in [4.69, 9.17) is 4.74 Å². The Labute approximate surface area is 150 Å². The molecular formula is C19H30N4O2. The highest BCUT2D eigenvalue weighted by Crippen LogP contribution is 2.12. The lowest BCUT2D eigenvalue weighted by molar-refractivity contribution is -0.129. The molecule has 2 rings (SSSR count). The fourth-order valence-corrected chi connectivity index (χ4v) is 2.98. The number of ether oxygens (including phenoxy) is 1. The van der Waals surface area contributed by atoms with E-state index in [0.717, 1.165) is 25.5 Å². The SMILES string of the molecule is CCOCc1ccccc1CNC(=NC)NC1CCN(C(=O)CC)C1. The number of guanidine groups is 1. The van der Waals surface area contributed by atoms with Crippen LogP contribution in [-0.2, 0) is 22.7 Å². The Morgan fingerprint density at radius 3 is 2.76 bits per heavy atom. The number of aliphatic imine (C=N–C) groups is 1. The molecule has 1 heterocycles. The van der Waals surface area contributed by atoms with Gasteiger partial charge in [0.05, 0.1) is 6.61 Å². The minimum atomic E-state index is 0.220. The van der Waals surface area contributed by atoms with Crippen LogP contribution in [0.2, 0.25) is 0 Å². The van der Waals surface area contributed by atoms with Gasteiger partial charge >= 0.3 is 0 Å². The van der Waals surface area contributed by atoms with Crippen LogP contribution in [0.4, 0.5) is 0 Å². The smallest absolute Gasteiger partial charge is 0.222 e. The highest BCUT2D eigenvalue weighted by atomic mass is 16.5. The van der Waals surface area contributed by atoms with Gasteiger partial charge in [0, 0.05) is 45.8 Å². The predicted molar refractivity (Wildman–Crippen MR) is 100 cm³/mol. The van der Waals surface area contributed by atoms with Gasteiger partial charge in [-0.25, -0.2) is 0 Å². The third-order valence-corrected chi connectivity index (χ3v) is 4.43. The second-order valence-corrected chi connectivity index (χ2v) is 6.15. The normalized spacial score (nSPS) is 17.6. The van der Waals surface area contributed by atoms with Crippen molar-refractivity contribution in [2.75, 3.05) is 26.7 Å². The fraction of sp³-hybridized carbons (Fsp3) is 0.579. The first-order valence-electron chi connectivity index (χ1n) is 9.07. The largest absolute Gasteiger partial charge is 0.377 e. The van der Waals surface area contributed by atoms with Crippen molar-refractivity contribution in [2.45, 2.75) is 45.9 Å². The molecule has 1 aliphatic rings. The van der Waals surface area contributed by atoms with E-state index >= 15 is 0 Å². The zero-order valence-electron chi connectivity index (χ0n) is 15.5. The molecule has 0 aliphatic carbocycles. The van der Waals surface area contributed by atoms with E-state index in [2.05, 4.69) is 27.8 Å². The zero-order valence-corrected chi connectivity index (χ0v) is 15.5. The first-order chi connectivity index (χ1) is 12.2. The first kappa shape index (κ1) is 19.2. The standard InChI is InChI=1S/C19H30N4O2/c1-4-18(24)23-11-10-17(13-23)22-19(20-3)21-12-15-8-6-7-9-16(15)14-25-5-2/h6-9,17H,4-5,10-14H2,1-3H3,(H2,20,21,22). The number of nitrogens with zero attached hydrogens (tertiary/aromatic N) is 2. The lowest BCUT2D eigenvalue weighted by Gasteiger charge is -2.19. The predicted octanol–water partition coefficient (Wildman–Crippen LogP) is 1.90. The topological polar surface area (TPSA) is 66.0 Å². The number of carbonyl (C=O) groups excluding carboxylic acids is 1. The van der Waals surface area contributed by atoms with Gasteiger partial charge in [0.15, 0.2) is 5.96 Å². The average Bonchev–Trinajstić information content (AvgIpc) is 3.12. The van der Waals surface area contributed by atoms with E-state index in [1.807, 2.05) is 30.9 Å². The molecule has 1 atom stereocenters. The summed E-state index contributed by atoms with van der Waals surface area (Å²) in [5, 5.41) is 6.79. The van der Waals surface area contributed by atoms with Crippen molar-refractivity contribution in [3.05, 3.63) is 35.4 Å². The number of likely N-dealkylation sites (tertiary alicyclic amines) is 1. The number of nitrogens with one attached hydrogen (secondary N) is 2. The monoisotopic (exact) mass is 346 g/mol. The number of hydrogen-bond acceptors (Lipinski definition) is 3. The quantitative estimate of drug-likeness (QED) is 0.585. The Balaban J connectivity index is 1.86. The van der Waals surface area contributed by atoms with E-state index < -0.39 is 0 Å². The van der Waals surface area contributed by atoms with Crippen LogP contribution < -0.4 is 10.6 Å². The summed E-state index contributed by atoms with van der Waals surface area (Å²) in [7, 11) is 1.77. The molecule has 0 radical (unpaired) electrons. The Bertz CT molecular complexity index is 589. The van der Waals surface area contributed by atoms with Crippen molar-refractivity contribution in [1.29, 1.82) is 0 Å². The van der Waals surface area contributed by atoms with Gasteiger partial charge in [-0.1, -0.05) is 31.2 Å². The zero-order chi connectivity index (χ0) is 18.1. The van der Waals surface area contributed by atoms with Crippen LogP contribution in [0.1, 0.15) is 37.8 Å². The lowest BCUT2D eigenvalue weighted by Crippen LogP contribution is -2.44. The maximum Gasteiger partial charge on any atom is 0.222 e. The van der Waals surface area contributed by atoms with Crippen molar-refractivity contribution < 1.29 is 9.53 Å². The molecule has 1 aromatic carbocycles. The summed E-state index contributed by atoms with van der Waals surface area (Å²) in [5.74, 6) is 0.985. The fourth-order valence-electron chi connectivity index (χ4n) is 2.98. The molecule has 1 amide bonds. The van der Waals surface area contributed by atoms with Crippen LogP contribution in [0.15, 0.2) is 29.3 Å². The third kappa shape index (κ3) is 5.74.